The summed E-state index contributed by atoms with van der Waals surface area (Å²) < 4.78 is 37.7. The van der Waals surface area contributed by atoms with Gasteiger partial charge in [-0.2, -0.15) is 13.2 Å². The number of hydrogen-bond acceptors (Lipinski definition) is 3. The van der Waals surface area contributed by atoms with E-state index >= 15 is 0 Å². The number of nitrogens with zero attached hydrogens (tertiary/aromatic N) is 1. The number of likely N-dealkylation sites (N-methyl/N-ethyl adjacent to an activating group) is 1. The number of aliphatic carboxylic acids is 1. The Morgan fingerprint density at radius 1 is 1.33 bits per heavy atom. The van der Waals surface area contributed by atoms with Gasteiger partial charge >= 0.3 is 12.1 Å². The maximum atomic E-state index is 12.6. The summed E-state index contributed by atoms with van der Waals surface area (Å²) in [7, 11) is 1.68. The smallest absolute Gasteiger partial charge is 0.416 e. The molecule has 118 valence electrons. The highest BCUT2D eigenvalue weighted by atomic mass is 32.2. The Hall–Kier alpha value is -1.21. The van der Waals surface area contributed by atoms with Gasteiger partial charge in [0.15, 0.2) is 0 Å². The number of alkyl halides is 3. The zero-order valence-electron chi connectivity index (χ0n) is 12.1. The lowest BCUT2D eigenvalue weighted by Crippen LogP contribution is -2.48. The SMILES string of the molecule is CN(CCSc1cccc(C(F)(F)F)c1)C(C)(C)C(=O)O. The number of hydrogen-bond donors (Lipinski definition) is 1. The molecule has 1 aromatic rings. The molecule has 7 heteroatoms. The fourth-order valence-electron chi connectivity index (χ4n) is 1.51. The third-order valence-corrected chi connectivity index (χ3v) is 4.31. The number of carboxylic acid groups (broad SMARTS) is 1. The highest BCUT2D eigenvalue weighted by molar-refractivity contribution is 7.99. The van der Waals surface area contributed by atoms with E-state index in [1.165, 1.54) is 17.8 Å². The second-order valence-corrected chi connectivity index (χ2v) is 6.33. The first-order valence-electron chi connectivity index (χ1n) is 6.30. The summed E-state index contributed by atoms with van der Waals surface area (Å²) in [5, 5.41) is 9.08. The molecule has 0 aliphatic heterocycles. The summed E-state index contributed by atoms with van der Waals surface area (Å²) in [6.45, 7) is 3.63. The van der Waals surface area contributed by atoms with Gasteiger partial charge in [0.05, 0.1) is 5.56 Å². The second kappa shape index (κ2) is 6.70. The van der Waals surface area contributed by atoms with E-state index in [0.29, 0.717) is 17.2 Å². The molecule has 0 unspecified atom stereocenters. The average Bonchev–Trinajstić information content (AvgIpc) is 2.37. The van der Waals surface area contributed by atoms with Gasteiger partial charge in [0, 0.05) is 17.2 Å². The molecule has 1 N–H and O–H groups in total. The van der Waals surface area contributed by atoms with Gasteiger partial charge in [-0.25, -0.2) is 0 Å². The van der Waals surface area contributed by atoms with Gasteiger partial charge in [-0.15, -0.1) is 11.8 Å². The lowest BCUT2D eigenvalue weighted by atomic mass is 10.0. The summed E-state index contributed by atoms with van der Waals surface area (Å²) in [5.74, 6) is -0.428. The van der Waals surface area contributed by atoms with Crippen LogP contribution in [0.1, 0.15) is 19.4 Å². The predicted molar refractivity (Wildman–Crippen MR) is 76.5 cm³/mol. The van der Waals surface area contributed by atoms with Gasteiger partial charge in [-0.05, 0) is 39.1 Å². The quantitative estimate of drug-likeness (QED) is 0.813. The molecular formula is C14H18F3NO2S. The van der Waals surface area contributed by atoms with Gasteiger partial charge in [0.25, 0.3) is 0 Å². The first kappa shape index (κ1) is 17.8. The summed E-state index contributed by atoms with van der Waals surface area (Å²) >= 11 is 1.27. The van der Waals surface area contributed by atoms with E-state index in [1.54, 1.807) is 31.9 Å². The van der Waals surface area contributed by atoms with E-state index in [-0.39, 0.29) is 0 Å². The molecule has 0 heterocycles. The van der Waals surface area contributed by atoms with Crippen LogP contribution >= 0.6 is 11.8 Å². The molecule has 0 fully saturated rings. The van der Waals surface area contributed by atoms with Crippen LogP contribution in [0.15, 0.2) is 29.2 Å². The number of benzene rings is 1. The van der Waals surface area contributed by atoms with E-state index in [2.05, 4.69) is 0 Å². The molecule has 0 bridgehead atoms. The molecular weight excluding hydrogens is 303 g/mol. The van der Waals surface area contributed by atoms with Crippen molar-refractivity contribution in [3.8, 4) is 0 Å². The third kappa shape index (κ3) is 4.93. The molecule has 0 atom stereocenters. The van der Waals surface area contributed by atoms with Crippen molar-refractivity contribution in [3.05, 3.63) is 29.8 Å². The summed E-state index contributed by atoms with van der Waals surface area (Å²) in [5.41, 5.74) is -1.68. The minimum absolute atomic E-state index is 0.459. The molecule has 0 saturated carbocycles. The third-order valence-electron chi connectivity index (χ3n) is 3.33. The fourth-order valence-corrected chi connectivity index (χ4v) is 2.49. The van der Waals surface area contributed by atoms with E-state index in [1.807, 2.05) is 0 Å². The van der Waals surface area contributed by atoms with Gasteiger partial charge in [0.1, 0.15) is 5.54 Å². The van der Waals surface area contributed by atoms with E-state index in [0.717, 1.165) is 12.1 Å². The Bertz CT molecular complexity index is 503. The first-order valence-corrected chi connectivity index (χ1v) is 7.28. The van der Waals surface area contributed by atoms with Crippen LogP contribution in [0.2, 0.25) is 0 Å². The van der Waals surface area contributed by atoms with Gasteiger partial charge < -0.3 is 5.11 Å². The van der Waals surface area contributed by atoms with Crippen LogP contribution in [0.5, 0.6) is 0 Å². The van der Waals surface area contributed by atoms with Crippen LogP contribution in [0.3, 0.4) is 0 Å². The Morgan fingerprint density at radius 2 is 1.95 bits per heavy atom. The summed E-state index contributed by atoms with van der Waals surface area (Å²) in [6, 6.07) is 5.12. The molecule has 1 aromatic carbocycles. The van der Waals surface area contributed by atoms with Crippen LogP contribution in [0, 0.1) is 0 Å². The second-order valence-electron chi connectivity index (χ2n) is 5.16. The normalized spacial score (nSPS) is 12.7. The number of rotatable bonds is 6. The highest BCUT2D eigenvalue weighted by Crippen LogP contribution is 2.31. The minimum Gasteiger partial charge on any atom is -0.480 e. The van der Waals surface area contributed by atoms with Crippen molar-refractivity contribution >= 4 is 17.7 Å². The molecule has 0 saturated heterocycles. The van der Waals surface area contributed by atoms with Gasteiger partial charge in [-0.1, -0.05) is 6.07 Å². The summed E-state index contributed by atoms with van der Waals surface area (Å²) in [4.78, 5) is 13.3. The predicted octanol–water partition coefficient (Wildman–Crippen LogP) is 3.59. The zero-order chi connectivity index (χ0) is 16.3. The molecule has 21 heavy (non-hydrogen) atoms. The fraction of sp³-hybridized carbons (Fsp3) is 0.500. The minimum atomic E-state index is -4.35. The van der Waals surface area contributed by atoms with Crippen molar-refractivity contribution in [2.24, 2.45) is 0 Å². The summed E-state index contributed by atoms with van der Waals surface area (Å²) in [6.07, 6.45) is -4.35. The standard InChI is InChI=1S/C14H18F3NO2S/c1-13(2,12(19)20)18(3)7-8-21-11-6-4-5-10(9-11)14(15,16)17/h4-6,9H,7-8H2,1-3H3,(H,19,20). The largest absolute Gasteiger partial charge is 0.480 e. The number of halogens is 3. The van der Waals surface area contributed by atoms with Crippen molar-refractivity contribution in [1.29, 1.82) is 0 Å². The van der Waals surface area contributed by atoms with Crippen molar-refractivity contribution in [1.82, 2.24) is 4.90 Å². The maximum Gasteiger partial charge on any atom is 0.416 e. The maximum absolute atomic E-state index is 12.6. The Labute approximate surface area is 126 Å². The Morgan fingerprint density at radius 3 is 2.48 bits per heavy atom. The van der Waals surface area contributed by atoms with Crippen molar-refractivity contribution < 1.29 is 23.1 Å². The average molecular weight is 321 g/mol. The molecule has 0 aliphatic carbocycles. The zero-order valence-corrected chi connectivity index (χ0v) is 12.9. The molecule has 0 amide bonds. The molecule has 0 radical (unpaired) electrons. The van der Waals surface area contributed by atoms with E-state index in [4.69, 9.17) is 5.11 Å². The Balaban J connectivity index is 2.59. The monoisotopic (exact) mass is 321 g/mol. The van der Waals surface area contributed by atoms with Gasteiger partial charge in [-0.3, -0.25) is 9.69 Å². The number of carboxylic acids is 1. The molecule has 0 aliphatic rings. The Kier molecular flexibility index (Phi) is 5.69. The lowest BCUT2D eigenvalue weighted by molar-refractivity contribution is -0.148. The topological polar surface area (TPSA) is 40.5 Å². The van der Waals surface area contributed by atoms with E-state index < -0.39 is 23.2 Å². The van der Waals surface area contributed by atoms with Crippen LogP contribution in [0.4, 0.5) is 13.2 Å². The number of thioether (sulfide) groups is 1. The van der Waals surface area contributed by atoms with Crippen molar-refractivity contribution in [3.63, 3.8) is 0 Å². The molecule has 0 spiro atoms. The molecule has 3 nitrogen and oxygen atoms in total. The van der Waals surface area contributed by atoms with Crippen molar-refractivity contribution in [2.45, 2.75) is 30.5 Å². The van der Waals surface area contributed by atoms with Crippen molar-refractivity contribution in [2.75, 3.05) is 19.3 Å². The molecule has 1 rings (SSSR count). The van der Waals surface area contributed by atoms with Crippen LogP contribution in [-0.4, -0.2) is 40.9 Å². The first-order chi connectivity index (χ1) is 9.55. The van der Waals surface area contributed by atoms with Crippen LogP contribution in [0.25, 0.3) is 0 Å². The van der Waals surface area contributed by atoms with Crippen LogP contribution in [-0.2, 0) is 11.0 Å². The number of carbonyl (C=O) groups is 1. The highest BCUT2D eigenvalue weighted by Gasteiger charge is 2.32. The molecule has 0 aromatic heterocycles. The van der Waals surface area contributed by atoms with Crippen LogP contribution < -0.4 is 0 Å². The van der Waals surface area contributed by atoms with E-state index in [9.17, 15) is 18.0 Å². The lowest BCUT2D eigenvalue weighted by Gasteiger charge is -2.31. The van der Waals surface area contributed by atoms with Gasteiger partial charge in [0.2, 0.25) is 0 Å².